The van der Waals surface area contributed by atoms with E-state index in [1.807, 2.05) is 25.7 Å². The lowest BCUT2D eigenvalue weighted by molar-refractivity contribution is 0.0131. The van der Waals surface area contributed by atoms with E-state index in [2.05, 4.69) is 37.4 Å². The Hall–Kier alpha value is -1.55. The summed E-state index contributed by atoms with van der Waals surface area (Å²) >= 11 is 0. The first-order chi connectivity index (χ1) is 11.9. The molecule has 0 aromatic heterocycles. The molecule has 1 N–H and O–H groups in total. The predicted octanol–water partition coefficient (Wildman–Crippen LogP) is 4.82. The standard InChI is InChI=1S/C21H34N2O2/c1-6-8-19-18-10-9-16(15-22-12-7-2)14-17(18)11-13-23(19)20(24)25-21(3,4)5/h9-10,14,19,22H,6-8,11-13,15H2,1-5H3. The number of hydrogen-bond acceptors (Lipinski definition) is 3. The van der Waals surface area contributed by atoms with E-state index in [0.717, 1.165) is 45.3 Å². The third-order valence-corrected chi connectivity index (χ3v) is 4.51. The van der Waals surface area contributed by atoms with E-state index >= 15 is 0 Å². The Bertz CT molecular complexity index is 578. The maximum atomic E-state index is 12.6. The van der Waals surface area contributed by atoms with Gasteiger partial charge in [0.15, 0.2) is 0 Å². The number of carbonyl (C=O) groups excluding carboxylic acids is 1. The Labute approximate surface area is 152 Å². The van der Waals surface area contributed by atoms with Crippen LogP contribution in [0, 0.1) is 0 Å². The number of rotatable bonds is 6. The van der Waals surface area contributed by atoms with Gasteiger partial charge in [-0.25, -0.2) is 4.79 Å². The zero-order chi connectivity index (χ0) is 18.4. The zero-order valence-corrected chi connectivity index (χ0v) is 16.5. The molecule has 0 radical (unpaired) electrons. The number of nitrogens with one attached hydrogen (secondary N) is 1. The summed E-state index contributed by atoms with van der Waals surface area (Å²) in [6, 6.07) is 6.85. The SMILES string of the molecule is CCCNCc1ccc2c(c1)CCN(C(=O)OC(C)(C)C)C2CCC. The minimum absolute atomic E-state index is 0.126. The second-order valence-electron chi connectivity index (χ2n) is 7.94. The largest absolute Gasteiger partial charge is 0.444 e. The molecule has 1 heterocycles. The first-order valence-corrected chi connectivity index (χ1v) is 9.67. The Kier molecular flexibility index (Phi) is 6.88. The molecule has 4 heteroatoms. The molecule has 0 saturated carbocycles. The van der Waals surface area contributed by atoms with Crippen molar-refractivity contribution < 1.29 is 9.53 Å². The van der Waals surface area contributed by atoms with Gasteiger partial charge in [0.2, 0.25) is 0 Å². The molecule has 1 unspecified atom stereocenters. The summed E-state index contributed by atoms with van der Waals surface area (Å²) in [4.78, 5) is 14.6. The average molecular weight is 347 g/mol. The number of fused-ring (bicyclic) bond motifs is 1. The van der Waals surface area contributed by atoms with Gasteiger partial charge in [-0.05, 0) is 63.3 Å². The number of hydrogen-bond donors (Lipinski definition) is 1. The molecule has 0 fully saturated rings. The summed E-state index contributed by atoms with van der Waals surface area (Å²) in [6.45, 7) is 12.8. The van der Waals surface area contributed by atoms with Crippen molar-refractivity contribution in [2.75, 3.05) is 13.1 Å². The van der Waals surface area contributed by atoms with Crippen LogP contribution in [0.25, 0.3) is 0 Å². The van der Waals surface area contributed by atoms with Crippen molar-refractivity contribution in [3.63, 3.8) is 0 Å². The summed E-state index contributed by atoms with van der Waals surface area (Å²) in [5.74, 6) is 0. The molecule has 25 heavy (non-hydrogen) atoms. The van der Waals surface area contributed by atoms with Crippen LogP contribution in [0.5, 0.6) is 0 Å². The minimum Gasteiger partial charge on any atom is -0.444 e. The molecular weight excluding hydrogens is 312 g/mol. The molecule has 1 aromatic carbocycles. The van der Waals surface area contributed by atoms with Crippen molar-refractivity contribution in [2.24, 2.45) is 0 Å². The third kappa shape index (κ3) is 5.46. The van der Waals surface area contributed by atoms with E-state index in [0.29, 0.717) is 0 Å². The molecule has 1 amide bonds. The molecule has 0 saturated heterocycles. The second-order valence-corrected chi connectivity index (χ2v) is 7.94. The van der Waals surface area contributed by atoms with Crippen LogP contribution >= 0.6 is 0 Å². The van der Waals surface area contributed by atoms with Gasteiger partial charge in [0, 0.05) is 13.1 Å². The van der Waals surface area contributed by atoms with Gasteiger partial charge in [-0.2, -0.15) is 0 Å². The van der Waals surface area contributed by atoms with E-state index in [1.165, 1.54) is 16.7 Å². The highest BCUT2D eigenvalue weighted by Gasteiger charge is 2.33. The van der Waals surface area contributed by atoms with Gasteiger partial charge in [-0.15, -0.1) is 0 Å². The van der Waals surface area contributed by atoms with E-state index < -0.39 is 5.60 Å². The topological polar surface area (TPSA) is 41.6 Å². The van der Waals surface area contributed by atoms with E-state index in [9.17, 15) is 4.79 Å². The Morgan fingerprint density at radius 3 is 2.68 bits per heavy atom. The van der Waals surface area contributed by atoms with Crippen molar-refractivity contribution in [2.45, 2.75) is 78.5 Å². The Morgan fingerprint density at radius 2 is 2.04 bits per heavy atom. The lowest BCUT2D eigenvalue weighted by Crippen LogP contribution is -2.43. The van der Waals surface area contributed by atoms with E-state index in [1.54, 1.807) is 0 Å². The summed E-state index contributed by atoms with van der Waals surface area (Å²) in [6.07, 6.45) is 3.87. The molecule has 0 aliphatic carbocycles. The Balaban J connectivity index is 2.18. The van der Waals surface area contributed by atoms with E-state index in [4.69, 9.17) is 4.74 Å². The fraction of sp³-hybridized carbons (Fsp3) is 0.667. The van der Waals surface area contributed by atoms with Crippen molar-refractivity contribution in [3.05, 3.63) is 34.9 Å². The Morgan fingerprint density at radius 1 is 1.28 bits per heavy atom. The monoisotopic (exact) mass is 346 g/mol. The fourth-order valence-corrected chi connectivity index (χ4v) is 3.41. The third-order valence-electron chi connectivity index (χ3n) is 4.51. The average Bonchev–Trinajstić information content (AvgIpc) is 2.53. The predicted molar refractivity (Wildman–Crippen MR) is 103 cm³/mol. The lowest BCUT2D eigenvalue weighted by atomic mass is 9.89. The van der Waals surface area contributed by atoms with Crippen molar-refractivity contribution in [1.29, 1.82) is 0 Å². The molecule has 1 aliphatic heterocycles. The molecular formula is C21H34N2O2. The van der Waals surface area contributed by atoms with Crippen LogP contribution in [0.3, 0.4) is 0 Å². The van der Waals surface area contributed by atoms with Crippen molar-refractivity contribution in [1.82, 2.24) is 10.2 Å². The van der Waals surface area contributed by atoms with Crippen LogP contribution in [0.1, 0.15) is 76.6 Å². The maximum Gasteiger partial charge on any atom is 0.410 e. The van der Waals surface area contributed by atoms with Gasteiger partial charge in [0.05, 0.1) is 6.04 Å². The normalized spacial score (nSPS) is 17.3. The number of amides is 1. The van der Waals surface area contributed by atoms with Gasteiger partial charge < -0.3 is 15.0 Å². The molecule has 140 valence electrons. The fourth-order valence-electron chi connectivity index (χ4n) is 3.41. The highest BCUT2D eigenvalue weighted by Crippen LogP contribution is 2.34. The summed E-state index contributed by atoms with van der Waals surface area (Å²) in [5.41, 5.74) is 3.54. The van der Waals surface area contributed by atoms with Gasteiger partial charge in [0.1, 0.15) is 5.60 Å². The molecule has 0 spiro atoms. The van der Waals surface area contributed by atoms with Crippen LogP contribution in [0.15, 0.2) is 18.2 Å². The lowest BCUT2D eigenvalue weighted by Gasteiger charge is -2.38. The second kappa shape index (κ2) is 8.70. The first-order valence-electron chi connectivity index (χ1n) is 9.67. The van der Waals surface area contributed by atoms with Crippen LogP contribution in [-0.2, 0) is 17.7 Å². The number of carbonyl (C=O) groups is 1. The van der Waals surface area contributed by atoms with Crippen LogP contribution < -0.4 is 5.32 Å². The molecule has 2 rings (SSSR count). The highest BCUT2D eigenvalue weighted by atomic mass is 16.6. The minimum atomic E-state index is -0.455. The smallest absolute Gasteiger partial charge is 0.410 e. The zero-order valence-electron chi connectivity index (χ0n) is 16.5. The number of nitrogens with zero attached hydrogens (tertiary/aromatic N) is 1. The quantitative estimate of drug-likeness (QED) is 0.751. The molecule has 4 nitrogen and oxygen atoms in total. The summed E-state index contributed by atoms with van der Waals surface area (Å²) < 4.78 is 5.63. The molecule has 1 aliphatic rings. The van der Waals surface area contributed by atoms with Crippen LogP contribution in [0.2, 0.25) is 0 Å². The molecule has 1 atom stereocenters. The van der Waals surface area contributed by atoms with Crippen molar-refractivity contribution >= 4 is 6.09 Å². The number of ether oxygens (including phenoxy) is 1. The van der Waals surface area contributed by atoms with Crippen LogP contribution in [-0.4, -0.2) is 29.7 Å². The highest BCUT2D eigenvalue weighted by molar-refractivity contribution is 5.69. The van der Waals surface area contributed by atoms with Gasteiger partial charge in [-0.3, -0.25) is 0 Å². The van der Waals surface area contributed by atoms with Gasteiger partial charge in [0.25, 0.3) is 0 Å². The van der Waals surface area contributed by atoms with E-state index in [-0.39, 0.29) is 12.1 Å². The molecule has 1 aromatic rings. The summed E-state index contributed by atoms with van der Waals surface area (Å²) in [7, 11) is 0. The van der Waals surface area contributed by atoms with Crippen LogP contribution in [0.4, 0.5) is 4.79 Å². The van der Waals surface area contributed by atoms with Gasteiger partial charge >= 0.3 is 6.09 Å². The summed E-state index contributed by atoms with van der Waals surface area (Å²) in [5, 5.41) is 3.46. The maximum absolute atomic E-state index is 12.6. The first kappa shape index (κ1) is 19.8. The number of benzene rings is 1. The van der Waals surface area contributed by atoms with Gasteiger partial charge in [-0.1, -0.05) is 38.5 Å². The molecule has 0 bridgehead atoms. The van der Waals surface area contributed by atoms with Crippen molar-refractivity contribution in [3.8, 4) is 0 Å².